The van der Waals surface area contributed by atoms with Crippen molar-refractivity contribution in [2.24, 2.45) is 0 Å². The first-order valence-corrected chi connectivity index (χ1v) is 7.85. The molecule has 6 heteroatoms. The number of benzene rings is 1. The molecule has 0 bridgehead atoms. The molecule has 0 heterocycles. The van der Waals surface area contributed by atoms with E-state index in [0.29, 0.717) is 24.4 Å². The molecule has 1 rings (SSSR count). The van der Waals surface area contributed by atoms with Crippen molar-refractivity contribution >= 4 is 9.84 Å². The molecule has 0 aromatic heterocycles. The summed E-state index contributed by atoms with van der Waals surface area (Å²) in [7, 11) is 0.434. The van der Waals surface area contributed by atoms with E-state index >= 15 is 0 Å². The van der Waals surface area contributed by atoms with E-state index < -0.39 is 9.84 Å². The zero-order valence-corrected chi connectivity index (χ0v) is 12.2. The van der Waals surface area contributed by atoms with E-state index in [-0.39, 0.29) is 5.75 Å². The predicted octanol–water partition coefficient (Wildman–Crippen LogP) is 1.04. The summed E-state index contributed by atoms with van der Waals surface area (Å²) < 4.78 is 27.3. The molecule has 0 N–H and O–H groups in total. The van der Waals surface area contributed by atoms with Crippen LogP contribution in [0.5, 0.6) is 5.75 Å². The van der Waals surface area contributed by atoms with Crippen LogP contribution < -0.4 is 4.74 Å². The molecule has 0 radical (unpaired) electrons. The van der Waals surface area contributed by atoms with Crippen LogP contribution in [0.1, 0.15) is 11.1 Å². The molecule has 0 aliphatic rings. The highest BCUT2D eigenvalue weighted by Gasteiger charge is 2.08. The fraction of sp³-hybridized carbons (Fsp3) is 0.462. The monoisotopic (exact) mass is 282 g/mol. The molecule has 0 fully saturated rings. The highest BCUT2D eigenvalue weighted by molar-refractivity contribution is 7.90. The first kappa shape index (κ1) is 15.5. The van der Waals surface area contributed by atoms with Crippen molar-refractivity contribution in [2.45, 2.75) is 6.54 Å². The summed E-state index contributed by atoms with van der Waals surface area (Å²) >= 11 is 0. The van der Waals surface area contributed by atoms with Gasteiger partial charge < -0.3 is 9.64 Å². The van der Waals surface area contributed by atoms with Crippen LogP contribution in [-0.4, -0.2) is 46.0 Å². The Bertz CT molecular complexity index is 576. The first-order valence-electron chi connectivity index (χ1n) is 5.79. The summed E-state index contributed by atoms with van der Waals surface area (Å²) in [6.07, 6.45) is 1.23. The average molecular weight is 282 g/mol. The standard InChI is InChI=1S/C13H18N2O3S/c1-15(6-7-19(3,16)17)10-11-4-5-12(9-14)13(8-11)18-2/h4-5,8H,6-7,10H2,1-3H3. The Morgan fingerprint density at radius 1 is 1.42 bits per heavy atom. The molecule has 0 saturated carbocycles. The topological polar surface area (TPSA) is 70.4 Å². The summed E-state index contributed by atoms with van der Waals surface area (Å²) in [6, 6.07) is 7.41. The van der Waals surface area contributed by atoms with Gasteiger partial charge in [0.15, 0.2) is 0 Å². The number of sulfone groups is 1. The van der Waals surface area contributed by atoms with Crippen LogP contribution in [0.25, 0.3) is 0 Å². The lowest BCUT2D eigenvalue weighted by Crippen LogP contribution is -2.24. The van der Waals surface area contributed by atoms with Crippen LogP contribution in [0.15, 0.2) is 18.2 Å². The Morgan fingerprint density at radius 3 is 2.63 bits per heavy atom. The predicted molar refractivity (Wildman–Crippen MR) is 73.8 cm³/mol. The van der Waals surface area contributed by atoms with Crippen molar-refractivity contribution in [1.29, 1.82) is 5.26 Å². The molecule has 0 spiro atoms. The van der Waals surface area contributed by atoms with E-state index in [1.54, 1.807) is 12.1 Å². The third-order valence-corrected chi connectivity index (χ3v) is 3.61. The summed E-state index contributed by atoms with van der Waals surface area (Å²) in [6.45, 7) is 1.08. The molecule has 1 aromatic rings. The van der Waals surface area contributed by atoms with Gasteiger partial charge in [-0.15, -0.1) is 0 Å². The average Bonchev–Trinajstić information content (AvgIpc) is 2.35. The maximum Gasteiger partial charge on any atom is 0.148 e. The number of hydrogen-bond acceptors (Lipinski definition) is 5. The van der Waals surface area contributed by atoms with Gasteiger partial charge in [0.05, 0.1) is 18.4 Å². The van der Waals surface area contributed by atoms with Crippen LogP contribution in [0, 0.1) is 11.3 Å². The largest absolute Gasteiger partial charge is 0.495 e. The fourth-order valence-corrected chi connectivity index (χ4v) is 2.28. The van der Waals surface area contributed by atoms with Crippen molar-refractivity contribution in [2.75, 3.05) is 32.7 Å². The van der Waals surface area contributed by atoms with Crippen LogP contribution >= 0.6 is 0 Å². The smallest absolute Gasteiger partial charge is 0.148 e. The summed E-state index contributed by atoms with van der Waals surface area (Å²) in [4.78, 5) is 1.92. The molecule has 1 aromatic carbocycles. The Kier molecular flexibility index (Phi) is 5.33. The first-order chi connectivity index (χ1) is 8.85. The SMILES string of the molecule is COc1cc(CN(C)CCS(C)(=O)=O)ccc1C#N. The van der Waals surface area contributed by atoms with E-state index in [1.807, 2.05) is 18.0 Å². The van der Waals surface area contributed by atoms with Crippen molar-refractivity contribution in [3.8, 4) is 11.8 Å². The van der Waals surface area contributed by atoms with Gasteiger partial charge in [0.2, 0.25) is 0 Å². The van der Waals surface area contributed by atoms with Crippen LogP contribution in [0.4, 0.5) is 0 Å². The van der Waals surface area contributed by atoms with Gasteiger partial charge >= 0.3 is 0 Å². The van der Waals surface area contributed by atoms with Crippen LogP contribution in [0.3, 0.4) is 0 Å². The Labute approximate surface area is 114 Å². The maximum atomic E-state index is 11.1. The second kappa shape index (κ2) is 6.55. The van der Waals surface area contributed by atoms with E-state index in [9.17, 15) is 8.42 Å². The third-order valence-electron chi connectivity index (χ3n) is 2.68. The quantitative estimate of drug-likeness (QED) is 0.779. The number of nitriles is 1. The van der Waals surface area contributed by atoms with Crippen molar-refractivity contribution < 1.29 is 13.2 Å². The van der Waals surface area contributed by atoms with Crippen LogP contribution in [-0.2, 0) is 16.4 Å². The number of rotatable bonds is 6. The van der Waals surface area contributed by atoms with Gasteiger partial charge in [0, 0.05) is 19.3 Å². The van der Waals surface area contributed by atoms with Gasteiger partial charge in [-0.2, -0.15) is 5.26 Å². The van der Waals surface area contributed by atoms with Gasteiger partial charge in [-0.3, -0.25) is 0 Å². The van der Waals surface area contributed by atoms with Gasteiger partial charge in [0.1, 0.15) is 21.7 Å². The highest BCUT2D eigenvalue weighted by atomic mass is 32.2. The third kappa shape index (κ3) is 5.28. The van der Waals surface area contributed by atoms with Gasteiger partial charge in [-0.05, 0) is 24.7 Å². The van der Waals surface area contributed by atoms with Crippen molar-refractivity contribution in [1.82, 2.24) is 4.90 Å². The number of nitrogens with zero attached hydrogens (tertiary/aromatic N) is 2. The lowest BCUT2D eigenvalue weighted by Gasteiger charge is -2.16. The zero-order valence-electron chi connectivity index (χ0n) is 11.4. The van der Waals surface area contributed by atoms with E-state index in [0.717, 1.165) is 5.56 Å². The minimum Gasteiger partial charge on any atom is -0.495 e. The highest BCUT2D eigenvalue weighted by Crippen LogP contribution is 2.19. The van der Waals surface area contributed by atoms with E-state index in [4.69, 9.17) is 10.00 Å². The van der Waals surface area contributed by atoms with E-state index in [1.165, 1.54) is 13.4 Å². The molecule has 0 atom stereocenters. The minimum absolute atomic E-state index is 0.136. The van der Waals surface area contributed by atoms with Crippen molar-refractivity contribution in [3.63, 3.8) is 0 Å². The summed E-state index contributed by atoms with van der Waals surface area (Å²) in [5, 5.41) is 8.89. The molecule has 0 saturated heterocycles. The molecule has 19 heavy (non-hydrogen) atoms. The van der Waals surface area contributed by atoms with Crippen molar-refractivity contribution in [3.05, 3.63) is 29.3 Å². The molecule has 104 valence electrons. The number of methoxy groups -OCH3 is 1. The minimum atomic E-state index is -2.94. The Hall–Kier alpha value is -1.58. The van der Waals surface area contributed by atoms with Crippen LogP contribution in [0.2, 0.25) is 0 Å². The molecule has 0 aliphatic carbocycles. The normalized spacial score (nSPS) is 11.3. The summed E-state index contributed by atoms with van der Waals surface area (Å²) in [5.74, 6) is 0.674. The molecule has 0 amide bonds. The Balaban J connectivity index is 2.70. The second-order valence-corrected chi connectivity index (χ2v) is 6.77. The number of hydrogen-bond donors (Lipinski definition) is 0. The molecule has 0 aliphatic heterocycles. The summed E-state index contributed by atoms with van der Waals surface area (Å²) in [5.41, 5.74) is 1.47. The van der Waals surface area contributed by atoms with E-state index in [2.05, 4.69) is 6.07 Å². The fourth-order valence-electron chi connectivity index (χ4n) is 1.64. The van der Waals surface area contributed by atoms with Gasteiger partial charge in [0.25, 0.3) is 0 Å². The number of ether oxygens (including phenoxy) is 1. The lowest BCUT2D eigenvalue weighted by molar-refractivity contribution is 0.345. The molecule has 5 nitrogen and oxygen atoms in total. The molecule has 0 unspecified atom stereocenters. The van der Waals surface area contributed by atoms with Gasteiger partial charge in [-0.1, -0.05) is 6.07 Å². The molecular formula is C13H18N2O3S. The zero-order chi connectivity index (χ0) is 14.5. The molecular weight excluding hydrogens is 264 g/mol. The van der Waals surface area contributed by atoms with Gasteiger partial charge in [-0.25, -0.2) is 8.42 Å². The maximum absolute atomic E-state index is 11.1. The lowest BCUT2D eigenvalue weighted by atomic mass is 10.1. The Morgan fingerprint density at radius 2 is 2.11 bits per heavy atom. The second-order valence-electron chi connectivity index (χ2n) is 4.51.